The molecule has 238 valence electrons. The van der Waals surface area contributed by atoms with Gasteiger partial charge in [-0.1, -0.05) is 18.2 Å². The topological polar surface area (TPSA) is 148 Å². The second kappa shape index (κ2) is 14.8. The number of hydrogen-bond donors (Lipinski definition) is 4. The van der Waals surface area contributed by atoms with Crippen molar-refractivity contribution in [3.05, 3.63) is 82.9 Å². The number of amides is 4. The fourth-order valence-corrected chi connectivity index (χ4v) is 5.23. The van der Waals surface area contributed by atoms with Crippen LogP contribution in [0.5, 0.6) is 23.0 Å². The van der Waals surface area contributed by atoms with Crippen molar-refractivity contribution < 1.29 is 38.4 Å². The van der Waals surface area contributed by atoms with E-state index < -0.39 is 12.1 Å². The average molecular weight is 619 g/mol. The van der Waals surface area contributed by atoms with Gasteiger partial charge in [0.1, 0.15) is 29.6 Å². The summed E-state index contributed by atoms with van der Waals surface area (Å²) in [6.45, 7) is 3.65. The third-order valence-corrected chi connectivity index (χ3v) is 7.54. The zero-order valence-corrected chi connectivity index (χ0v) is 25.3. The minimum atomic E-state index is -0.535. The van der Waals surface area contributed by atoms with E-state index in [9.17, 15) is 19.5 Å². The van der Waals surface area contributed by atoms with Crippen molar-refractivity contribution in [3.63, 3.8) is 0 Å². The fourth-order valence-electron chi connectivity index (χ4n) is 5.23. The Hall–Kier alpha value is -4.81. The number of nitrogens with zero attached hydrogens (tertiary/aromatic N) is 1. The van der Waals surface area contributed by atoms with Crippen LogP contribution in [0, 0.1) is 6.92 Å². The molecule has 0 unspecified atom stereocenters. The third kappa shape index (κ3) is 8.43. The number of nitrogens with one attached hydrogen (secondary N) is 3. The largest absolute Gasteiger partial charge is 0.507 e. The van der Waals surface area contributed by atoms with E-state index in [-0.39, 0.29) is 55.4 Å². The highest BCUT2D eigenvalue weighted by Crippen LogP contribution is 2.29. The smallest absolute Gasteiger partial charge is 0.315 e. The molecule has 2 aliphatic heterocycles. The van der Waals surface area contributed by atoms with Gasteiger partial charge in [0.15, 0.2) is 0 Å². The Morgan fingerprint density at radius 3 is 2.69 bits per heavy atom. The standard InChI is InChI=1S/C33H38N4O8/c1-21-6-7-27(29(38)14-21)32(40)37-11-8-28-30(19-37)44-20-22-4-3-5-24(15-22)45-26-17-23(16-25(18-26)43-13-12-42-2)31(39)34-9-10-35-33(41)36-28/h3-7,14-18,28,30,38H,8-13,19-20H2,1-2H3,(H,34,39)(H2,35,36,41)/t28-,30-/m0/s1. The van der Waals surface area contributed by atoms with Gasteiger partial charge in [0.25, 0.3) is 11.8 Å². The van der Waals surface area contributed by atoms with E-state index in [0.717, 1.165) is 11.1 Å². The number of hydrogen-bond acceptors (Lipinski definition) is 8. The van der Waals surface area contributed by atoms with Gasteiger partial charge in [0.05, 0.1) is 30.9 Å². The predicted octanol–water partition coefficient (Wildman–Crippen LogP) is 3.36. The molecule has 0 saturated carbocycles. The maximum Gasteiger partial charge on any atom is 0.315 e. The molecule has 12 heteroatoms. The van der Waals surface area contributed by atoms with Gasteiger partial charge in [0.2, 0.25) is 0 Å². The molecule has 0 radical (unpaired) electrons. The van der Waals surface area contributed by atoms with Crippen LogP contribution >= 0.6 is 0 Å². The highest BCUT2D eigenvalue weighted by molar-refractivity contribution is 5.97. The minimum Gasteiger partial charge on any atom is -0.507 e. The number of benzene rings is 3. The number of piperidine rings is 1. The summed E-state index contributed by atoms with van der Waals surface area (Å²) in [7, 11) is 1.58. The molecule has 2 atom stereocenters. The van der Waals surface area contributed by atoms with E-state index in [4.69, 9.17) is 18.9 Å². The fraction of sp³-hybridized carbons (Fsp3) is 0.364. The number of phenolic OH excluding ortho intramolecular Hbond substituents is 1. The van der Waals surface area contributed by atoms with Crippen molar-refractivity contribution in [1.29, 1.82) is 0 Å². The monoisotopic (exact) mass is 618 g/mol. The van der Waals surface area contributed by atoms with E-state index in [0.29, 0.717) is 49.0 Å². The normalized spacial score (nSPS) is 19.0. The molecule has 0 spiro atoms. The maximum absolute atomic E-state index is 13.3. The lowest BCUT2D eigenvalue weighted by Crippen LogP contribution is -2.58. The first-order valence-corrected chi connectivity index (χ1v) is 14.9. The van der Waals surface area contributed by atoms with Crippen LogP contribution in [0.4, 0.5) is 4.79 Å². The van der Waals surface area contributed by atoms with Crippen LogP contribution in [-0.2, 0) is 16.1 Å². The molecule has 5 rings (SSSR count). The highest BCUT2D eigenvalue weighted by Gasteiger charge is 2.34. The number of likely N-dealkylation sites (tertiary alicyclic amines) is 1. The van der Waals surface area contributed by atoms with Crippen LogP contribution in [0.15, 0.2) is 60.7 Å². The average Bonchev–Trinajstić information content (AvgIpc) is 3.02. The number of fused-ring (bicyclic) bond motifs is 5. The van der Waals surface area contributed by atoms with Crippen LogP contribution in [0.1, 0.15) is 38.3 Å². The molecule has 0 aromatic heterocycles. The number of methoxy groups -OCH3 is 1. The Kier molecular flexibility index (Phi) is 10.4. The molecule has 4 amide bonds. The SMILES string of the molecule is COCCOc1cc2cc(c1)C(=O)NCCNC(=O)N[C@H]1CCN(C(=O)c3ccc(C)cc3O)C[C@@H]1OCc1cccc(c1)O2. The molecule has 3 aromatic rings. The number of aryl methyl sites for hydroxylation is 1. The summed E-state index contributed by atoms with van der Waals surface area (Å²) in [4.78, 5) is 40.8. The number of ether oxygens (including phenoxy) is 4. The van der Waals surface area contributed by atoms with Crippen molar-refractivity contribution in [1.82, 2.24) is 20.9 Å². The van der Waals surface area contributed by atoms with Gasteiger partial charge in [-0.25, -0.2) is 4.79 Å². The van der Waals surface area contributed by atoms with Crippen molar-refractivity contribution in [2.24, 2.45) is 0 Å². The molecule has 4 bridgehead atoms. The molecule has 1 saturated heterocycles. The van der Waals surface area contributed by atoms with Gasteiger partial charge < -0.3 is 44.9 Å². The van der Waals surface area contributed by atoms with Crippen LogP contribution in [-0.4, -0.2) is 86.5 Å². The molecule has 45 heavy (non-hydrogen) atoms. The van der Waals surface area contributed by atoms with Crippen molar-refractivity contribution >= 4 is 17.8 Å². The third-order valence-electron chi connectivity index (χ3n) is 7.54. The molecule has 4 N–H and O–H groups in total. The molecule has 2 aliphatic rings. The van der Waals surface area contributed by atoms with Crippen LogP contribution in [0.3, 0.4) is 0 Å². The van der Waals surface area contributed by atoms with E-state index in [1.807, 2.05) is 25.1 Å². The number of rotatable bonds is 5. The Bertz CT molecular complexity index is 1530. The van der Waals surface area contributed by atoms with Crippen LogP contribution < -0.4 is 25.4 Å². The summed E-state index contributed by atoms with van der Waals surface area (Å²) < 4.78 is 23.3. The van der Waals surface area contributed by atoms with Crippen LogP contribution in [0.2, 0.25) is 0 Å². The van der Waals surface area contributed by atoms with E-state index >= 15 is 0 Å². The highest BCUT2D eigenvalue weighted by atomic mass is 16.5. The summed E-state index contributed by atoms with van der Waals surface area (Å²) >= 11 is 0. The molecule has 12 nitrogen and oxygen atoms in total. The summed E-state index contributed by atoms with van der Waals surface area (Å²) in [6.07, 6.45) is -0.0903. The lowest BCUT2D eigenvalue weighted by Gasteiger charge is -2.38. The van der Waals surface area contributed by atoms with E-state index in [2.05, 4.69) is 16.0 Å². The van der Waals surface area contributed by atoms with Gasteiger partial charge in [-0.05, 0) is 60.9 Å². The summed E-state index contributed by atoms with van der Waals surface area (Å²) in [5, 5.41) is 19.0. The Morgan fingerprint density at radius 1 is 1.02 bits per heavy atom. The van der Waals surface area contributed by atoms with Crippen LogP contribution in [0.25, 0.3) is 0 Å². The van der Waals surface area contributed by atoms with Crippen molar-refractivity contribution in [2.75, 3.05) is 46.5 Å². The first-order chi connectivity index (χ1) is 21.8. The van der Waals surface area contributed by atoms with Gasteiger partial charge in [-0.15, -0.1) is 0 Å². The van der Waals surface area contributed by atoms with Gasteiger partial charge in [0, 0.05) is 44.9 Å². The number of phenols is 1. The van der Waals surface area contributed by atoms with E-state index in [1.54, 1.807) is 54.5 Å². The number of carbonyl (C=O) groups is 3. The van der Waals surface area contributed by atoms with Crippen molar-refractivity contribution in [3.8, 4) is 23.0 Å². The molecule has 0 aliphatic carbocycles. The summed E-state index contributed by atoms with van der Waals surface area (Å²) in [5.41, 5.74) is 2.21. The number of aromatic hydroxyl groups is 1. The second-order valence-corrected chi connectivity index (χ2v) is 11.0. The van der Waals surface area contributed by atoms with E-state index in [1.165, 1.54) is 0 Å². The molecule has 3 aromatic carbocycles. The Labute approximate surface area is 261 Å². The zero-order valence-electron chi connectivity index (χ0n) is 25.3. The molecule has 2 heterocycles. The van der Waals surface area contributed by atoms with Gasteiger partial charge >= 0.3 is 6.03 Å². The van der Waals surface area contributed by atoms with Gasteiger partial charge in [-0.2, -0.15) is 0 Å². The van der Waals surface area contributed by atoms with Gasteiger partial charge in [-0.3, -0.25) is 9.59 Å². The summed E-state index contributed by atoms with van der Waals surface area (Å²) in [5.74, 6) is 0.655. The first-order valence-electron chi connectivity index (χ1n) is 14.9. The molecule has 1 fully saturated rings. The number of urea groups is 1. The quantitative estimate of drug-likeness (QED) is 0.319. The summed E-state index contributed by atoms with van der Waals surface area (Å²) in [6, 6.07) is 16.4. The molecular formula is C33H38N4O8. The minimum absolute atomic E-state index is 0.0756. The number of carbonyl (C=O) groups excluding carboxylic acids is 3. The Balaban J connectivity index is 1.37. The zero-order chi connectivity index (χ0) is 31.8. The lowest BCUT2D eigenvalue weighted by molar-refractivity contribution is -0.0236. The predicted molar refractivity (Wildman–Crippen MR) is 165 cm³/mol. The molecular weight excluding hydrogens is 580 g/mol. The second-order valence-electron chi connectivity index (χ2n) is 11.0. The van der Waals surface area contributed by atoms with Crippen molar-refractivity contribution in [2.45, 2.75) is 32.1 Å². The Morgan fingerprint density at radius 2 is 1.87 bits per heavy atom. The first kappa shape index (κ1) is 31.6. The lowest BCUT2D eigenvalue weighted by atomic mass is 10.00. The maximum atomic E-state index is 13.3.